The van der Waals surface area contributed by atoms with Crippen LogP contribution in [0.15, 0.2) is 24.3 Å². The van der Waals surface area contributed by atoms with Crippen molar-refractivity contribution in [1.82, 2.24) is 9.55 Å². The van der Waals surface area contributed by atoms with Crippen LogP contribution in [0.4, 0.5) is 0 Å². The van der Waals surface area contributed by atoms with Gasteiger partial charge in [-0.05, 0) is 26.3 Å². The highest BCUT2D eigenvalue weighted by atomic mass is 16.5. The summed E-state index contributed by atoms with van der Waals surface area (Å²) in [6.45, 7) is 5.23. The monoisotopic (exact) mass is 414 g/mol. The second-order valence-corrected chi connectivity index (χ2v) is 7.65. The molecule has 1 aromatic heterocycles. The summed E-state index contributed by atoms with van der Waals surface area (Å²) in [5, 5.41) is 30.9. The largest absolute Gasteiger partial charge is 0.507 e. The Morgan fingerprint density at radius 1 is 1.20 bits per heavy atom. The fourth-order valence-electron chi connectivity index (χ4n) is 3.31. The number of phenolic OH excluding ortho intramolecular Hbond substituents is 1. The number of aromatic hydroxyl groups is 1. The van der Waals surface area contributed by atoms with E-state index in [1.54, 1.807) is 38.5 Å². The summed E-state index contributed by atoms with van der Waals surface area (Å²) in [5.41, 5.74) is 1.44. The number of cyclic esters (lactones) is 1. The molecule has 0 fully saturated rings. The van der Waals surface area contributed by atoms with E-state index in [4.69, 9.17) is 4.74 Å². The van der Waals surface area contributed by atoms with Crippen LogP contribution in [0.5, 0.6) is 5.75 Å². The number of aliphatic hydroxyl groups is 2. The summed E-state index contributed by atoms with van der Waals surface area (Å²) in [6.07, 6.45) is 2.24. The van der Waals surface area contributed by atoms with Crippen molar-refractivity contribution in [3.63, 3.8) is 0 Å². The Balaban J connectivity index is 2.18. The van der Waals surface area contributed by atoms with Crippen molar-refractivity contribution < 1.29 is 29.6 Å². The van der Waals surface area contributed by atoms with Gasteiger partial charge in [0.25, 0.3) is 0 Å². The maximum absolute atomic E-state index is 12.9. The number of aromatic nitrogens is 2. The van der Waals surface area contributed by atoms with E-state index in [0.717, 1.165) is 0 Å². The van der Waals surface area contributed by atoms with Gasteiger partial charge in [-0.2, -0.15) is 0 Å². The molecule has 1 aliphatic heterocycles. The number of hydrogen-bond donors (Lipinski definition) is 3. The molecule has 3 N–H and O–H groups in total. The standard InChI is InChI=1S/C22H26N2O6/c1-11-8-9-17(26)21(28)16(25)7-5-6-14-19(22(29)30-12(11)2)18(27)10-15-20(14)23-13(3)24(15)4/h5-6,8-12,16,21,25,27-28H,7H2,1-4H3/b6-5?,9-8-/t11-,12?,16?,21?/m1/s1. The number of carbonyl (C=O) groups excluding carboxylic acids is 2. The van der Waals surface area contributed by atoms with Crippen molar-refractivity contribution in [2.24, 2.45) is 13.0 Å². The molecule has 4 atom stereocenters. The van der Waals surface area contributed by atoms with Crippen LogP contribution in [-0.2, 0) is 16.6 Å². The Labute approximate surface area is 174 Å². The highest BCUT2D eigenvalue weighted by Gasteiger charge is 2.27. The van der Waals surface area contributed by atoms with Gasteiger partial charge in [0.1, 0.15) is 29.3 Å². The predicted molar refractivity (Wildman–Crippen MR) is 111 cm³/mol. The molecule has 1 aliphatic rings. The minimum absolute atomic E-state index is 0.0250. The van der Waals surface area contributed by atoms with Gasteiger partial charge < -0.3 is 24.6 Å². The zero-order chi connectivity index (χ0) is 22.2. The van der Waals surface area contributed by atoms with Crippen LogP contribution in [0.3, 0.4) is 0 Å². The van der Waals surface area contributed by atoms with Crippen molar-refractivity contribution in [2.45, 2.75) is 45.5 Å². The molecule has 0 saturated carbocycles. The lowest BCUT2D eigenvalue weighted by atomic mass is 9.99. The van der Waals surface area contributed by atoms with Crippen molar-refractivity contribution >= 4 is 28.9 Å². The Kier molecular flexibility index (Phi) is 6.09. The van der Waals surface area contributed by atoms with Crippen molar-refractivity contribution in [3.05, 3.63) is 41.2 Å². The number of ether oxygens (including phenoxy) is 1. The van der Waals surface area contributed by atoms with Crippen molar-refractivity contribution in [3.8, 4) is 5.75 Å². The van der Waals surface area contributed by atoms with Gasteiger partial charge in [0, 0.05) is 24.6 Å². The molecule has 3 unspecified atom stereocenters. The molecular formula is C22H26N2O6. The van der Waals surface area contributed by atoms with E-state index >= 15 is 0 Å². The molecule has 2 aromatic rings. The van der Waals surface area contributed by atoms with Gasteiger partial charge in [-0.25, -0.2) is 9.78 Å². The number of carbonyl (C=O) groups is 2. The molecule has 3 rings (SSSR count). The van der Waals surface area contributed by atoms with Gasteiger partial charge in [0.15, 0.2) is 5.78 Å². The van der Waals surface area contributed by atoms with E-state index in [1.807, 2.05) is 0 Å². The van der Waals surface area contributed by atoms with Crippen LogP contribution in [0, 0.1) is 12.8 Å². The summed E-state index contributed by atoms with van der Waals surface area (Å²) in [5.74, 6) is -1.24. The van der Waals surface area contributed by atoms with E-state index in [-0.39, 0.29) is 23.7 Å². The smallest absolute Gasteiger partial charge is 0.342 e. The number of esters is 1. The number of rotatable bonds is 0. The second kappa shape index (κ2) is 8.41. The molecule has 0 aliphatic carbocycles. The molecule has 160 valence electrons. The Morgan fingerprint density at radius 3 is 2.60 bits per heavy atom. The first kappa shape index (κ1) is 21.7. The summed E-state index contributed by atoms with van der Waals surface area (Å²) < 4.78 is 7.33. The fourth-order valence-corrected chi connectivity index (χ4v) is 3.31. The van der Waals surface area contributed by atoms with Gasteiger partial charge >= 0.3 is 5.97 Å². The van der Waals surface area contributed by atoms with E-state index in [9.17, 15) is 24.9 Å². The Bertz CT molecular complexity index is 1050. The van der Waals surface area contributed by atoms with E-state index in [1.165, 1.54) is 24.3 Å². The number of imidazole rings is 1. The third-order valence-corrected chi connectivity index (χ3v) is 5.54. The maximum atomic E-state index is 12.9. The van der Waals surface area contributed by atoms with Gasteiger partial charge in [-0.3, -0.25) is 4.79 Å². The fraction of sp³-hybridized carbons (Fsp3) is 0.409. The van der Waals surface area contributed by atoms with Crippen LogP contribution in [0.2, 0.25) is 0 Å². The van der Waals surface area contributed by atoms with Crippen LogP contribution in [-0.4, -0.2) is 54.9 Å². The molecule has 0 saturated heterocycles. The van der Waals surface area contributed by atoms with E-state index in [0.29, 0.717) is 22.4 Å². The second-order valence-electron chi connectivity index (χ2n) is 7.65. The minimum Gasteiger partial charge on any atom is -0.507 e. The highest BCUT2D eigenvalue weighted by molar-refractivity contribution is 6.04. The molecule has 8 heteroatoms. The average molecular weight is 414 g/mol. The third kappa shape index (κ3) is 4.01. The van der Waals surface area contributed by atoms with Gasteiger partial charge in [0.2, 0.25) is 0 Å². The number of aliphatic hydroxyl groups excluding tert-OH is 2. The number of nitrogens with zero attached hydrogens (tertiary/aromatic N) is 2. The summed E-state index contributed by atoms with van der Waals surface area (Å²) in [7, 11) is 1.80. The SMILES string of the molecule is Cc1nc2c3c(c(O)cc2n1C)C(=O)OC(C)[C@H](C)/C=C\C(=O)C(O)C(O)CC=C3. The lowest BCUT2D eigenvalue weighted by Gasteiger charge is -2.20. The highest BCUT2D eigenvalue weighted by Crippen LogP contribution is 2.33. The van der Waals surface area contributed by atoms with Gasteiger partial charge in [0.05, 0.1) is 17.1 Å². The summed E-state index contributed by atoms with van der Waals surface area (Å²) in [6, 6.07) is 1.47. The molecule has 0 bridgehead atoms. The molecule has 2 heterocycles. The van der Waals surface area contributed by atoms with Crippen LogP contribution < -0.4 is 0 Å². The van der Waals surface area contributed by atoms with Crippen molar-refractivity contribution in [2.75, 3.05) is 0 Å². The topological polar surface area (TPSA) is 122 Å². The summed E-state index contributed by atoms with van der Waals surface area (Å²) in [4.78, 5) is 29.5. The normalized spacial score (nSPS) is 26.9. The number of hydrogen-bond acceptors (Lipinski definition) is 7. The lowest BCUT2D eigenvalue weighted by molar-refractivity contribution is -0.127. The van der Waals surface area contributed by atoms with Gasteiger partial charge in [-0.15, -0.1) is 0 Å². The molecule has 0 amide bonds. The Morgan fingerprint density at radius 2 is 1.90 bits per heavy atom. The number of phenols is 1. The quantitative estimate of drug-likeness (QED) is 0.564. The van der Waals surface area contributed by atoms with E-state index < -0.39 is 30.1 Å². The maximum Gasteiger partial charge on any atom is 0.342 e. The predicted octanol–water partition coefficient (Wildman–Crippen LogP) is 2.03. The number of aryl methyl sites for hydroxylation is 2. The molecule has 0 spiro atoms. The number of benzene rings is 1. The number of ketones is 1. The molecular weight excluding hydrogens is 388 g/mol. The van der Waals surface area contributed by atoms with Crippen LogP contribution in [0.1, 0.15) is 42.0 Å². The molecule has 8 nitrogen and oxygen atoms in total. The van der Waals surface area contributed by atoms with Crippen LogP contribution >= 0.6 is 0 Å². The average Bonchev–Trinajstić information content (AvgIpc) is 2.98. The lowest BCUT2D eigenvalue weighted by Crippen LogP contribution is -2.32. The Hall–Kier alpha value is -2.97. The first-order valence-electron chi connectivity index (χ1n) is 9.76. The first-order valence-corrected chi connectivity index (χ1v) is 9.76. The zero-order valence-corrected chi connectivity index (χ0v) is 17.4. The van der Waals surface area contributed by atoms with Crippen molar-refractivity contribution in [1.29, 1.82) is 0 Å². The zero-order valence-electron chi connectivity index (χ0n) is 17.4. The van der Waals surface area contributed by atoms with Crippen LogP contribution in [0.25, 0.3) is 17.1 Å². The summed E-state index contributed by atoms with van der Waals surface area (Å²) >= 11 is 0. The van der Waals surface area contributed by atoms with E-state index in [2.05, 4.69) is 4.98 Å². The third-order valence-electron chi connectivity index (χ3n) is 5.54. The van der Waals surface area contributed by atoms with Gasteiger partial charge in [-0.1, -0.05) is 25.2 Å². The first-order chi connectivity index (χ1) is 14.1. The minimum atomic E-state index is -1.57. The molecule has 0 radical (unpaired) electrons. The molecule has 1 aromatic carbocycles. The number of fused-ring (bicyclic) bond motifs is 3. The molecule has 30 heavy (non-hydrogen) atoms.